The quantitative estimate of drug-likeness (QED) is 0.405. The SMILES string of the molecule is CCC(C)C(NC(=O)OC(C)(C)C)C(=O)N(C1CCC1)C(C(=O)Nc1ccccc1C)c1ccc(C)cc1. The first-order chi connectivity index (χ1) is 17.9. The zero-order valence-corrected chi connectivity index (χ0v) is 23.8. The van der Waals surface area contributed by atoms with Gasteiger partial charge in [0.15, 0.2) is 0 Å². The van der Waals surface area contributed by atoms with E-state index in [4.69, 9.17) is 4.74 Å². The largest absolute Gasteiger partial charge is 0.444 e. The van der Waals surface area contributed by atoms with Crippen molar-refractivity contribution in [2.75, 3.05) is 5.32 Å². The molecule has 0 aromatic heterocycles. The lowest BCUT2D eigenvalue weighted by Crippen LogP contribution is -2.58. The summed E-state index contributed by atoms with van der Waals surface area (Å²) in [5, 5.41) is 5.91. The van der Waals surface area contributed by atoms with E-state index < -0.39 is 23.8 Å². The summed E-state index contributed by atoms with van der Waals surface area (Å²) >= 11 is 0. The van der Waals surface area contributed by atoms with Crippen LogP contribution in [-0.4, -0.2) is 40.5 Å². The highest BCUT2D eigenvalue weighted by atomic mass is 16.6. The van der Waals surface area contributed by atoms with Crippen molar-refractivity contribution >= 4 is 23.6 Å². The first kappa shape index (κ1) is 29.2. The highest BCUT2D eigenvalue weighted by Gasteiger charge is 2.43. The minimum absolute atomic E-state index is 0.0941. The third kappa shape index (κ3) is 7.36. The fourth-order valence-electron chi connectivity index (χ4n) is 4.56. The van der Waals surface area contributed by atoms with Crippen molar-refractivity contribution in [2.45, 2.75) is 97.9 Å². The van der Waals surface area contributed by atoms with E-state index in [1.165, 1.54) is 0 Å². The van der Waals surface area contributed by atoms with Crippen molar-refractivity contribution in [1.29, 1.82) is 0 Å². The van der Waals surface area contributed by atoms with E-state index in [0.717, 1.165) is 36.0 Å². The number of benzene rings is 2. The number of amides is 3. The van der Waals surface area contributed by atoms with Crippen LogP contribution in [0, 0.1) is 19.8 Å². The monoisotopic (exact) mass is 521 g/mol. The van der Waals surface area contributed by atoms with E-state index in [1.807, 2.05) is 76.2 Å². The molecule has 206 valence electrons. The van der Waals surface area contributed by atoms with E-state index in [2.05, 4.69) is 10.6 Å². The zero-order valence-electron chi connectivity index (χ0n) is 23.8. The third-order valence-electron chi connectivity index (χ3n) is 7.20. The van der Waals surface area contributed by atoms with Gasteiger partial charge < -0.3 is 20.3 Å². The number of aryl methyl sites for hydroxylation is 2. The lowest BCUT2D eigenvalue weighted by atomic mass is 9.86. The predicted octanol–water partition coefficient (Wildman–Crippen LogP) is 6.30. The summed E-state index contributed by atoms with van der Waals surface area (Å²) in [6, 6.07) is 13.6. The first-order valence-corrected chi connectivity index (χ1v) is 13.7. The molecular weight excluding hydrogens is 478 g/mol. The molecule has 2 N–H and O–H groups in total. The predicted molar refractivity (Wildman–Crippen MR) is 151 cm³/mol. The molecule has 7 heteroatoms. The normalized spacial score (nSPS) is 16.0. The minimum atomic E-state index is -0.847. The Balaban J connectivity index is 2.03. The summed E-state index contributed by atoms with van der Waals surface area (Å²) in [6.07, 6.45) is 2.65. The van der Waals surface area contributed by atoms with E-state index in [9.17, 15) is 14.4 Å². The summed E-state index contributed by atoms with van der Waals surface area (Å²) in [6.45, 7) is 13.2. The van der Waals surface area contributed by atoms with Gasteiger partial charge in [-0.3, -0.25) is 9.59 Å². The van der Waals surface area contributed by atoms with Crippen LogP contribution in [0.3, 0.4) is 0 Å². The molecule has 3 rings (SSSR count). The molecule has 0 bridgehead atoms. The van der Waals surface area contributed by atoms with Crippen molar-refractivity contribution < 1.29 is 19.1 Å². The molecule has 3 unspecified atom stereocenters. The van der Waals surface area contributed by atoms with Crippen LogP contribution in [0.2, 0.25) is 0 Å². The number of ether oxygens (including phenoxy) is 1. The molecule has 3 atom stereocenters. The summed E-state index contributed by atoms with van der Waals surface area (Å²) < 4.78 is 5.49. The molecule has 1 fully saturated rings. The van der Waals surface area contributed by atoms with Crippen LogP contribution in [0.15, 0.2) is 48.5 Å². The van der Waals surface area contributed by atoms with Crippen LogP contribution < -0.4 is 10.6 Å². The fourth-order valence-corrected chi connectivity index (χ4v) is 4.56. The lowest BCUT2D eigenvalue weighted by Gasteiger charge is -2.44. The average molecular weight is 522 g/mol. The number of nitrogens with one attached hydrogen (secondary N) is 2. The van der Waals surface area contributed by atoms with E-state index in [-0.39, 0.29) is 23.8 Å². The Kier molecular flexibility index (Phi) is 9.58. The number of alkyl carbamates (subject to hydrolysis) is 1. The molecule has 0 radical (unpaired) electrons. The van der Waals surface area contributed by atoms with E-state index in [1.54, 1.807) is 25.7 Å². The van der Waals surface area contributed by atoms with Crippen LogP contribution in [0.4, 0.5) is 10.5 Å². The molecule has 0 aliphatic heterocycles. The summed E-state index contributed by atoms with van der Waals surface area (Å²) in [5.74, 6) is -0.695. The Labute approximate surface area is 227 Å². The number of hydrogen-bond acceptors (Lipinski definition) is 4. The number of para-hydroxylation sites is 1. The molecule has 0 spiro atoms. The van der Waals surface area contributed by atoms with Crippen LogP contribution >= 0.6 is 0 Å². The smallest absolute Gasteiger partial charge is 0.408 e. The molecule has 1 aliphatic carbocycles. The van der Waals surface area contributed by atoms with Gasteiger partial charge in [0.2, 0.25) is 5.91 Å². The molecular formula is C31H43N3O4. The van der Waals surface area contributed by atoms with Crippen molar-refractivity contribution in [1.82, 2.24) is 10.2 Å². The number of rotatable bonds is 9. The molecule has 2 aromatic rings. The number of nitrogens with zero attached hydrogens (tertiary/aromatic N) is 1. The maximum absolute atomic E-state index is 14.4. The van der Waals surface area contributed by atoms with Gasteiger partial charge in [-0.05, 0) is 77.0 Å². The number of anilines is 1. The topological polar surface area (TPSA) is 87.7 Å². The average Bonchev–Trinajstić information content (AvgIpc) is 2.81. The van der Waals surface area contributed by atoms with Crippen LogP contribution in [0.5, 0.6) is 0 Å². The van der Waals surface area contributed by atoms with Crippen molar-refractivity contribution in [2.24, 2.45) is 5.92 Å². The van der Waals surface area contributed by atoms with Gasteiger partial charge in [-0.2, -0.15) is 0 Å². The second kappa shape index (κ2) is 12.5. The van der Waals surface area contributed by atoms with Gasteiger partial charge in [-0.25, -0.2) is 4.79 Å². The first-order valence-electron chi connectivity index (χ1n) is 13.7. The highest BCUT2D eigenvalue weighted by Crippen LogP contribution is 2.35. The van der Waals surface area contributed by atoms with Gasteiger partial charge in [0.05, 0.1) is 0 Å². The van der Waals surface area contributed by atoms with Crippen molar-refractivity contribution in [3.8, 4) is 0 Å². The second-order valence-electron chi connectivity index (χ2n) is 11.5. The molecule has 1 saturated carbocycles. The number of carbonyl (C=O) groups is 3. The molecule has 1 aliphatic rings. The molecule has 2 aromatic carbocycles. The zero-order chi connectivity index (χ0) is 28.0. The van der Waals surface area contributed by atoms with Gasteiger partial charge in [0, 0.05) is 11.7 Å². The lowest BCUT2D eigenvalue weighted by molar-refractivity contribution is -0.147. The van der Waals surface area contributed by atoms with E-state index in [0.29, 0.717) is 12.1 Å². The summed E-state index contributed by atoms with van der Waals surface area (Å²) in [4.78, 5) is 42.9. The Morgan fingerprint density at radius 3 is 2.18 bits per heavy atom. The molecule has 3 amide bonds. The van der Waals surface area contributed by atoms with Crippen LogP contribution in [-0.2, 0) is 14.3 Å². The maximum atomic E-state index is 14.4. The van der Waals surface area contributed by atoms with Gasteiger partial charge in [-0.1, -0.05) is 68.3 Å². The number of carbonyl (C=O) groups excluding carboxylic acids is 3. The second-order valence-corrected chi connectivity index (χ2v) is 11.5. The van der Waals surface area contributed by atoms with Gasteiger partial charge in [0.25, 0.3) is 5.91 Å². The Bertz CT molecular complexity index is 1120. The van der Waals surface area contributed by atoms with Gasteiger partial charge in [0.1, 0.15) is 17.7 Å². The highest BCUT2D eigenvalue weighted by molar-refractivity contribution is 5.99. The van der Waals surface area contributed by atoms with Crippen molar-refractivity contribution in [3.05, 3.63) is 65.2 Å². The minimum Gasteiger partial charge on any atom is -0.444 e. The Morgan fingerprint density at radius 2 is 1.66 bits per heavy atom. The molecule has 7 nitrogen and oxygen atoms in total. The maximum Gasteiger partial charge on any atom is 0.408 e. The summed E-state index contributed by atoms with van der Waals surface area (Å²) in [7, 11) is 0. The number of hydrogen-bond donors (Lipinski definition) is 2. The van der Waals surface area contributed by atoms with Crippen LogP contribution in [0.1, 0.15) is 83.0 Å². The standard InChI is InChI=1S/C31H43N3O4/c1-8-21(3)26(33-30(37)38-31(5,6)7)29(36)34(24-13-11-14-24)27(23-18-16-20(2)17-19-23)28(35)32-25-15-10-9-12-22(25)4/h9-10,12,15-19,21,24,26-27H,8,11,13-14H2,1-7H3,(H,32,35)(H,33,37). The molecule has 0 saturated heterocycles. The molecule has 0 heterocycles. The fraction of sp³-hybridized carbons (Fsp3) is 0.516. The van der Waals surface area contributed by atoms with Gasteiger partial charge in [-0.15, -0.1) is 0 Å². The Hall–Kier alpha value is -3.35. The third-order valence-corrected chi connectivity index (χ3v) is 7.20. The Morgan fingerprint density at radius 1 is 1.03 bits per heavy atom. The van der Waals surface area contributed by atoms with Gasteiger partial charge >= 0.3 is 6.09 Å². The van der Waals surface area contributed by atoms with E-state index >= 15 is 0 Å². The van der Waals surface area contributed by atoms with Crippen LogP contribution in [0.25, 0.3) is 0 Å². The summed E-state index contributed by atoms with van der Waals surface area (Å²) in [5.41, 5.74) is 2.76. The van der Waals surface area contributed by atoms with Crippen molar-refractivity contribution in [3.63, 3.8) is 0 Å². The molecule has 38 heavy (non-hydrogen) atoms.